The minimum Gasteiger partial charge on any atom is -0.355 e. The molecule has 3 N–H and O–H groups in total. The maximum absolute atomic E-state index is 12.0. The van der Waals surface area contributed by atoms with Crippen LogP contribution >= 0.6 is 12.2 Å². The highest BCUT2D eigenvalue weighted by Gasteiger charge is 2.11. The minimum absolute atomic E-state index is 0.0139. The Morgan fingerprint density at radius 1 is 1.15 bits per heavy atom. The van der Waals surface area contributed by atoms with E-state index in [-0.39, 0.29) is 16.7 Å². The van der Waals surface area contributed by atoms with Gasteiger partial charge in [-0.15, -0.1) is 0 Å². The highest BCUT2D eigenvalue weighted by atomic mass is 32.1. The van der Waals surface area contributed by atoms with Crippen LogP contribution in [0.1, 0.15) is 15.9 Å². The molecule has 2 amide bonds. The summed E-state index contributed by atoms with van der Waals surface area (Å²) in [4.78, 5) is 34.0. The Kier molecular flexibility index (Phi) is 6.73. The Morgan fingerprint density at radius 2 is 1.89 bits per heavy atom. The average molecular weight is 384 g/mol. The predicted molar refractivity (Wildman–Crippen MR) is 106 cm³/mol. The first kappa shape index (κ1) is 19.7. The molecule has 27 heavy (non-hydrogen) atoms. The van der Waals surface area contributed by atoms with Crippen LogP contribution in [-0.4, -0.2) is 28.9 Å². The molecule has 2 rings (SSSR count). The van der Waals surface area contributed by atoms with Gasteiger partial charge in [-0.1, -0.05) is 24.3 Å². The molecule has 0 saturated carbocycles. The summed E-state index contributed by atoms with van der Waals surface area (Å²) >= 11 is 5.08. The Balaban J connectivity index is 2.00. The molecule has 2 aromatic carbocycles. The van der Waals surface area contributed by atoms with Crippen molar-refractivity contribution in [3.8, 4) is 0 Å². The summed E-state index contributed by atoms with van der Waals surface area (Å²) in [6.45, 7) is 0. The van der Waals surface area contributed by atoms with Crippen molar-refractivity contribution in [2.45, 2.75) is 0 Å². The molecule has 138 valence electrons. The van der Waals surface area contributed by atoms with Crippen LogP contribution in [0.2, 0.25) is 0 Å². The number of thiocarbonyl (C=S) groups is 1. The number of nitrogens with zero attached hydrogens (tertiary/aromatic N) is 1. The van der Waals surface area contributed by atoms with Gasteiger partial charge in [0.1, 0.15) is 0 Å². The molecule has 0 saturated heterocycles. The monoisotopic (exact) mass is 384 g/mol. The number of amides is 2. The number of carbonyl (C=O) groups excluding carboxylic acids is 2. The van der Waals surface area contributed by atoms with E-state index in [0.717, 1.165) is 0 Å². The normalized spacial score (nSPS) is 10.3. The summed E-state index contributed by atoms with van der Waals surface area (Å²) in [7, 11) is 1.51. The van der Waals surface area contributed by atoms with Crippen LogP contribution in [-0.2, 0) is 4.79 Å². The number of nitro benzene ring substituents is 1. The number of para-hydroxylation sites is 1. The van der Waals surface area contributed by atoms with Crippen LogP contribution < -0.4 is 16.0 Å². The van der Waals surface area contributed by atoms with Gasteiger partial charge in [-0.25, -0.2) is 0 Å². The first-order valence-corrected chi connectivity index (χ1v) is 8.17. The predicted octanol–water partition coefficient (Wildman–Crippen LogP) is 2.48. The Morgan fingerprint density at radius 3 is 2.59 bits per heavy atom. The van der Waals surface area contributed by atoms with E-state index < -0.39 is 10.8 Å². The van der Waals surface area contributed by atoms with E-state index in [4.69, 9.17) is 12.2 Å². The zero-order valence-electron chi connectivity index (χ0n) is 14.3. The third-order valence-electron chi connectivity index (χ3n) is 3.39. The molecular formula is C18H16N4O4S. The molecule has 2 aromatic rings. The molecule has 0 unspecified atom stereocenters. The Labute approximate surface area is 160 Å². The zero-order chi connectivity index (χ0) is 19.8. The zero-order valence-corrected chi connectivity index (χ0v) is 15.1. The second-order valence-electron chi connectivity index (χ2n) is 5.25. The lowest BCUT2D eigenvalue weighted by Gasteiger charge is -2.11. The topological polar surface area (TPSA) is 113 Å². The number of hydrogen-bond donors (Lipinski definition) is 3. The molecule has 9 heteroatoms. The highest BCUT2D eigenvalue weighted by Crippen LogP contribution is 2.15. The maximum atomic E-state index is 12.0. The maximum Gasteiger partial charge on any atom is 0.270 e. The number of anilines is 1. The Bertz CT molecular complexity index is 927. The fraction of sp³-hybridized carbons (Fsp3) is 0.0556. The molecule has 0 aromatic heterocycles. The second kappa shape index (κ2) is 9.20. The van der Waals surface area contributed by atoms with Gasteiger partial charge < -0.3 is 10.6 Å². The SMILES string of the molecule is CNC(=O)c1ccccc1NC(=S)NC(=O)/C=C/c1cccc([N+](=O)[O-])c1. The van der Waals surface area contributed by atoms with Crippen molar-refractivity contribution in [3.63, 3.8) is 0 Å². The number of nitro groups is 1. The number of rotatable bonds is 5. The first-order valence-electron chi connectivity index (χ1n) is 7.76. The lowest BCUT2D eigenvalue weighted by atomic mass is 10.1. The van der Waals surface area contributed by atoms with Gasteiger partial charge in [-0.3, -0.25) is 25.0 Å². The molecule has 0 spiro atoms. The largest absolute Gasteiger partial charge is 0.355 e. The van der Waals surface area contributed by atoms with Crippen molar-refractivity contribution < 1.29 is 14.5 Å². The van der Waals surface area contributed by atoms with Crippen LogP contribution in [0.3, 0.4) is 0 Å². The standard InChI is InChI=1S/C18H16N4O4S/c1-19-17(24)14-7-2-3-8-15(14)20-18(27)21-16(23)10-9-12-5-4-6-13(11-12)22(25)26/h2-11H,1H3,(H,19,24)(H2,20,21,23,27)/b10-9+. The van der Waals surface area contributed by atoms with Gasteiger partial charge >= 0.3 is 0 Å². The number of hydrogen-bond acceptors (Lipinski definition) is 5. The molecule has 0 aliphatic carbocycles. The fourth-order valence-corrected chi connectivity index (χ4v) is 2.36. The molecule has 0 fully saturated rings. The van der Waals surface area contributed by atoms with Crippen LogP contribution in [0, 0.1) is 10.1 Å². The molecule has 0 radical (unpaired) electrons. The van der Waals surface area contributed by atoms with Crippen LogP contribution in [0.5, 0.6) is 0 Å². The van der Waals surface area contributed by atoms with Gasteiger partial charge in [0, 0.05) is 25.3 Å². The van der Waals surface area contributed by atoms with Crippen molar-refractivity contribution in [1.82, 2.24) is 10.6 Å². The van der Waals surface area contributed by atoms with Gasteiger partial charge in [0.25, 0.3) is 11.6 Å². The molecule has 0 aliphatic heterocycles. The van der Waals surface area contributed by atoms with Crippen molar-refractivity contribution in [3.05, 3.63) is 75.8 Å². The van der Waals surface area contributed by atoms with Gasteiger partial charge in [0.2, 0.25) is 5.91 Å². The van der Waals surface area contributed by atoms with Gasteiger partial charge in [-0.05, 0) is 36.0 Å². The molecule has 8 nitrogen and oxygen atoms in total. The van der Waals surface area contributed by atoms with Crippen LogP contribution in [0.15, 0.2) is 54.6 Å². The summed E-state index contributed by atoms with van der Waals surface area (Å²) in [6, 6.07) is 12.6. The quantitative estimate of drug-likeness (QED) is 0.316. The van der Waals surface area contributed by atoms with Crippen molar-refractivity contribution in [2.75, 3.05) is 12.4 Å². The summed E-state index contributed by atoms with van der Waals surface area (Å²) < 4.78 is 0. The second-order valence-corrected chi connectivity index (χ2v) is 5.66. The van der Waals surface area contributed by atoms with E-state index in [1.54, 1.807) is 30.3 Å². The van der Waals surface area contributed by atoms with E-state index in [2.05, 4.69) is 16.0 Å². The van der Waals surface area contributed by atoms with Crippen molar-refractivity contribution in [2.24, 2.45) is 0 Å². The number of benzene rings is 2. The molecule has 0 atom stereocenters. The van der Waals surface area contributed by atoms with Crippen molar-refractivity contribution in [1.29, 1.82) is 0 Å². The van der Waals surface area contributed by atoms with E-state index in [0.29, 0.717) is 16.8 Å². The van der Waals surface area contributed by atoms with E-state index in [1.807, 2.05) is 0 Å². The van der Waals surface area contributed by atoms with Gasteiger partial charge in [-0.2, -0.15) is 0 Å². The number of nitrogens with one attached hydrogen (secondary N) is 3. The summed E-state index contributed by atoms with van der Waals surface area (Å²) in [6.07, 6.45) is 2.64. The molecule has 0 aliphatic rings. The molecule has 0 bridgehead atoms. The lowest BCUT2D eigenvalue weighted by molar-refractivity contribution is -0.384. The van der Waals surface area contributed by atoms with Crippen LogP contribution in [0.4, 0.5) is 11.4 Å². The minimum atomic E-state index is -0.517. The third kappa shape index (κ3) is 5.72. The van der Waals surface area contributed by atoms with E-state index in [1.165, 1.54) is 37.4 Å². The Hall–Kier alpha value is -3.59. The lowest BCUT2D eigenvalue weighted by Crippen LogP contribution is -2.33. The first-order chi connectivity index (χ1) is 12.9. The number of carbonyl (C=O) groups is 2. The average Bonchev–Trinajstić information content (AvgIpc) is 2.66. The molecular weight excluding hydrogens is 368 g/mol. The fourth-order valence-electron chi connectivity index (χ4n) is 2.15. The van der Waals surface area contributed by atoms with Gasteiger partial charge in [0.05, 0.1) is 16.2 Å². The van der Waals surface area contributed by atoms with Gasteiger partial charge in [0.15, 0.2) is 5.11 Å². The van der Waals surface area contributed by atoms with Crippen molar-refractivity contribution >= 4 is 46.6 Å². The van der Waals surface area contributed by atoms with E-state index in [9.17, 15) is 19.7 Å². The summed E-state index contributed by atoms with van der Waals surface area (Å²) in [5, 5.41) is 18.5. The number of non-ortho nitro benzene ring substituents is 1. The summed E-state index contributed by atoms with van der Waals surface area (Å²) in [5.41, 5.74) is 1.26. The highest BCUT2D eigenvalue weighted by molar-refractivity contribution is 7.80. The molecule has 0 heterocycles. The van der Waals surface area contributed by atoms with Crippen LogP contribution in [0.25, 0.3) is 6.08 Å². The smallest absolute Gasteiger partial charge is 0.270 e. The third-order valence-corrected chi connectivity index (χ3v) is 3.60. The summed E-state index contributed by atoms with van der Waals surface area (Å²) in [5.74, 6) is -0.811. The van der Waals surface area contributed by atoms with E-state index >= 15 is 0 Å².